The van der Waals surface area contributed by atoms with Crippen molar-refractivity contribution in [2.45, 2.75) is 13.0 Å². The van der Waals surface area contributed by atoms with Gasteiger partial charge in [-0.15, -0.1) is 0 Å². The highest BCUT2D eigenvalue weighted by Gasteiger charge is 2.19. The molecule has 3 rings (SSSR count). The van der Waals surface area contributed by atoms with Crippen LogP contribution in [0.1, 0.15) is 18.5 Å². The summed E-state index contributed by atoms with van der Waals surface area (Å²) in [5.41, 5.74) is 2.59. The largest absolute Gasteiger partial charge is 0.314 e. The molecule has 4 nitrogen and oxygen atoms in total. The lowest BCUT2D eigenvalue weighted by molar-refractivity contribution is 0.186. The summed E-state index contributed by atoms with van der Waals surface area (Å²) in [6, 6.07) is 4.77. The molecule has 0 bridgehead atoms. The van der Waals surface area contributed by atoms with Crippen LogP contribution in [0.2, 0.25) is 0 Å². The first kappa shape index (κ1) is 10.7. The second-order valence-corrected chi connectivity index (χ2v) is 4.61. The second kappa shape index (κ2) is 4.47. The number of hydrogen-bond acceptors (Lipinski definition) is 3. The lowest BCUT2D eigenvalue weighted by atomic mass is 10.1. The third-order valence-corrected chi connectivity index (χ3v) is 3.63. The Morgan fingerprint density at radius 3 is 3.00 bits per heavy atom. The quantitative estimate of drug-likeness (QED) is 0.844. The fourth-order valence-corrected chi connectivity index (χ4v) is 2.59. The summed E-state index contributed by atoms with van der Waals surface area (Å²) in [5.74, 6) is 0. The predicted octanol–water partition coefficient (Wildman–Crippen LogP) is 1.30. The van der Waals surface area contributed by atoms with Crippen molar-refractivity contribution in [3.05, 3.63) is 36.4 Å². The summed E-state index contributed by atoms with van der Waals surface area (Å²) in [6.07, 6.45) is 5.87. The Labute approximate surface area is 101 Å². The van der Waals surface area contributed by atoms with E-state index in [1.54, 1.807) is 0 Å². The van der Waals surface area contributed by atoms with Crippen molar-refractivity contribution in [3.8, 4) is 0 Å². The van der Waals surface area contributed by atoms with Crippen LogP contribution >= 0.6 is 0 Å². The minimum Gasteiger partial charge on any atom is -0.314 e. The zero-order valence-corrected chi connectivity index (χ0v) is 10.1. The minimum absolute atomic E-state index is 0.456. The van der Waals surface area contributed by atoms with Gasteiger partial charge in [-0.1, -0.05) is 6.07 Å². The van der Waals surface area contributed by atoms with Crippen LogP contribution in [0.4, 0.5) is 0 Å². The van der Waals surface area contributed by atoms with Gasteiger partial charge in [0.05, 0.1) is 18.0 Å². The molecule has 90 valence electrons. The van der Waals surface area contributed by atoms with E-state index in [9.17, 15) is 0 Å². The number of imidazole rings is 1. The number of piperazine rings is 1. The fourth-order valence-electron chi connectivity index (χ4n) is 2.59. The SMILES string of the molecule is CC(c1cccn2cncc12)N1CCNCC1. The van der Waals surface area contributed by atoms with E-state index in [4.69, 9.17) is 0 Å². The Balaban J connectivity index is 1.94. The van der Waals surface area contributed by atoms with Crippen molar-refractivity contribution >= 4 is 5.52 Å². The van der Waals surface area contributed by atoms with Gasteiger partial charge < -0.3 is 9.72 Å². The summed E-state index contributed by atoms with van der Waals surface area (Å²) >= 11 is 0. The van der Waals surface area contributed by atoms with Gasteiger partial charge in [-0.3, -0.25) is 4.90 Å². The molecule has 1 saturated heterocycles. The first-order valence-corrected chi connectivity index (χ1v) is 6.21. The molecule has 0 radical (unpaired) electrons. The molecule has 1 atom stereocenters. The van der Waals surface area contributed by atoms with Crippen LogP contribution in [0.15, 0.2) is 30.9 Å². The van der Waals surface area contributed by atoms with Gasteiger partial charge in [-0.2, -0.15) is 0 Å². The molecule has 4 heteroatoms. The van der Waals surface area contributed by atoms with Crippen LogP contribution < -0.4 is 5.32 Å². The molecule has 0 aromatic carbocycles. The Hall–Kier alpha value is -1.39. The van der Waals surface area contributed by atoms with E-state index in [0.29, 0.717) is 6.04 Å². The lowest BCUT2D eigenvalue weighted by Crippen LogP contribution is -2.44. The average molecular weight is 230 g/mol. The van der Waals surface area contributed by atoms with E-state index in [-0.39, 0.29) is 0 Å². The van der Waals surface area contributed by atoms with Crippen molar-refractivity contribution in [2.24, 2.45) is 0 Å². The van der Waals surface area contributed by atoms with Gasteiger partial charge in [0.25, 0.3) is 0 Å². The molecule has 0 amide bonds. The van der Waals surface area contributed by atoms with Gasteiger partial charge in [0, 0.05) is 38.4 Å². The van der Waals surface area contributed by atoms with Gasteiger partial charge >= 0.3 is 0 Å². The zero-order valence-electron chi connectivity index (χ0n) is 10.1. The van der Waals surface area contributed by atoms with Gasteiger partial charge in [0.1, 0.15) is 0 Å². The highest BCUT2D eigenvalue weighted by molar-refractivity contribution is 5.54. The van der Waals surface area contributed by atoms with Crippen molar-refractivity contribution in [3.63, 3.8) is 0 Å². The maximum atomic E-state index is 4.22. The number of hydrogen-bond donors (Lipinski definition) is 1. The maximum Gasteiger partial charge on any atom is 0.0992 e. The molecule has 1 N–H and O–H groups in total. The molecule has 0 saturated carbocycles. The fraction of sp³-hybridized carbons (Fsp3) is 0.462. The monoisotopic (exact) mass is 230 g/mol. The molecular formula is C13H18N4. The Morgan fingerprint density at radius 1 is 1.35 bits per heavy atom. The molecule has 17 heavy (non-hydrogen) atoms. The molecule has 3 heterocycles. The molecule has 0 aliphatic carbocycles. The summed E-state index contributed by atoms with van der Waals surface area (Å²) in [6.45, 7) is 6.71. The zero-order chi connectivity index (χ0) is 11.7. The standard InChI is InChI=1S/C13H18N4/c1-11(16-7-4-14-5-8-16)12-3-2-6-17-10-15-9-13(12)17/h2-3,6,9-11,14H,4-5,7-8H2,1H3. The van der Waals surface area contributed by atoms with Crippen molar-refractivity contribution in [1.29, 1.82) is 0 Å². The average Bonchev–Trinajstić information content (AvgIpc) is 2.87. The Morgan fingerprint density at radius 2 is 2.18 bits per heavy atom. The van der Waals surface area contributed by atoms with Crippen LogP contribution in [0.25, 0.3) is 5.52 Å². The summed E-state index contributed by atoms with van der Waals surface area (Å²) in [5, 5.41) is 3.39. The van der Waals surface area contributed by atoms with Crippen LogP contribution in [0, 0.1) is 0 Å². The third kappa shape index (κ3) is 1.94. The van der Waals surface area contributed by atoms with Crippen LogP contribution in [-0.4, -0.2) is 40.5 Å². The number of nitrogens with zero attached hydrogens (tertiary/aromatic N) is 3. The second-order valence-electron chi connectivity index (χ2n) is 4.61. The number of rotatable bonds is 2. The van der Waals surface area contributed by atoms with Crippen molar-refractivity contribution < 1.29 is 0 Å². The lowest BCUT2D eigenvalue weighted by Gasteiger charge is -2.33. The number of pyridine rings is 1. The van der Waals surface area contributed by atoms with E-state index in [1.165, 1.54) is 11.1 Å². The van der Waals surface area contributed by atoms with E-state index in [0.717, 1.165) is 26.2 Å². The van der Waals surface area contributed by atoms with E-state index >= 15 is 0 Å². The van der Waals surface area contributed by atoms with Gasteiger partial charge in [0.2, 0.25) is 0 Å². The summed E-state index contributed by atoms with van der Waals surface area (Å²) < 4.78 is 2.09. The Kier molecular flexibility index (Phi) is 2.82. The molecule has 2 aromatic heterocycles. The van der Waals surface area contributed by atoms with E-state index < -0.39 is 0 Å². The summed E-state index contributed by atoms with van der Waals surface area (Å²) in [4.78, 5) is 6.75. The molecule has 1 fully saturated rings. The molecular weight excluding hydrogens is 212 g/mol. The smallest absolute Gasteiger partial charge is 0.0992 e. The van der Waals surface area contributed by atoms with Crippen molar-refractivity contribution in [2.75, 3.05) is 26.2 Å². The van der Waals surface area contributed by atoms with Crippen LogP contribution in [0.3, 0.4) is 0 Å². The number of fused-ring (bicyclic) bond motifs is 1. The molecule has 1 aliphatic rings. The minimum atomic E-state index is 0.456. The summed E-state index contributed by atoms with van der Waals surface area (Å²) in [7, 11) is 0. The number of aromatic nitrogens is 2. The maximum absolute atomic E-state index is 4.22. The van der Waals surface area contributed by atoms with Crippen molar-refractivity contribution in [1.82, 2.24) is 19.6 Å². The normalized spacial score (nSPS) is 19.6. The van der Waals surface area contributed by atoms with Crippen LogP contribution in [-0.2, 0) is 0 Å². The van der Waals surface area contributed by atoms with E-state index in [1.807, 2.05) is 12.5 Å². The highest BCUT2D eigenvalue weighted by Crippen LogP contribution is 2.24. The molecule has 0 spiro atoms. The topological polar surface area (TPSA) is 32.6 Å². The van der Waals surface area contributed by atoms with Gasteiger partial charge in [0.15, 0.2) is 0 Å². The first-order chi connectivity index (χ1) is 8.36. The van der Waals surface area contributed by atoms with E-state index in [2.05, 4.69) is 44.9 Å². The predicted molar refractivity (Wildman–Crippen MR) is 68.0 cm³/mol. The van der Waals surface area contributed by atoms with Crippen LogP contribution in [0.5, 0.6) is 0 Å². The number of nitrogens with one attached hydrogen (secondary N) is 1. The highest BCUT2D eigenvalue weighted by atomic mass is 15.2. The molecule has 1 unspecified atom stereocenters. The first-order valence-electron chi connectivity index (χ1n) is 6.21. The third-order valence-electron chi connectivity index (χ3n) is 3.63. The molecule has 1 aliphatic heterocycles. The molecule has 2 aromatic rings. The Bertz CT molecular complexity index is 499. The van der Waals surface area contributed by atoms with Gasteiger partial charge in [-0.05, 0) is 18.6 Å². The van der Waals surface area contributed by atoms with Gasteiger partial charge in [-0.25, -0.2) is 4.98 Å².